The summed E-state index contributed by atoms with van der Waals surface area (Å²) < 4.78 is 0. The van der Waals surface area contributed by atoms with Crippen LogP contribution in [0.3, 0.4) is 0 Å². The molecule has 3 N–H and O–H groups in total. The van der Waals surface area contributed by atoms with Gasteiger partial charge in [0, 0.05) is 11.3 Å². The molecule has 0 radical (unpaired) electrons. The van der Waals surface area contributed by atoms with E-state index >= 15 is 0 Å². The molecule has 0 aromatic heterocycles. The first-order chi connectivity index (χ1) is 5.61. The third-order valence-electron chi connectivity index (χ3n) is 1.80. The highest BCUT2D eigenvalue weighted by atomic mass is 16.5. The molecule has 1 aromatic carbocycles. The molecule has 4 nitrogen and oxygen atoms in total. The lowest BCUT2D eigenvalue weighted by molar-refractivity contribution is -0.0946. The maximum atomic E-state index is 11.2. The van der Waals surface area contributed by atoms with Crippen molar-refractivity contribution in [3.63, 3.8) is 0 Å². The van der Waals surface area contributed by atoms with E-state index in [4.69, 9.17) is 10.2 Å². The van der Waals surface area contributed by atoms with Crippen LogP contribution in [-0.4, -0.2) is 21.9 Å². The van der Waals surface area contributed by atoms with Crippen molar-refractivity contribution in [1.82, 2.24) is 0 Å². The second-order valence-corrected chi connectivity index (χ2v) is 2.67. The van der Waals surface area contributed by atoms with Crippen molar-refractivity contribution in [2.75, 3.05) is 5.32 Å². The second-order valence-electron chi connectivity index (χ2n) is 2.67. The molecule has 0 saturated carbocycles. The Morgan fingerprint density at radius 1 is 1.25 bits per heavy atom. The molecular formula is C8H7NO3. The van der Waals surface area contributed by atoms with Crippen LogP contribution in [0.25, 0.3) is 0 Å². The van der Waals surface area contributed by atoms with Crippen LogP contribution in [0.1, 0.15) is 10.4 Å². The van der Waals surface area contributed by atoms with Crippen molar-refractivity contribution in [1.29, 1.82) is 0 Å². The number of hydrogen-bond acceptors (Lipinski definition) is 4. The molecule has 0 unspecified atom stereocenters. The Balaban J connectivity index is 2.57. The van der Waals surface area contributed by atoms with Gasteiger partial charge >= 0.3 is 5.91 Å². The summed E-state index contributed by atoms with van der Waals surface area (Å²) in [5.41, 5.74) is 0.759. The summed E-state index contributed by atoms with van der Waals surface area (Å²) >= 11 is 0. The van der Waals surface area contributed by atoms with E-state index in [-0.39, 0.29) is 0 Å². The van der Waals surface area contributed by atoms with Gasteiger partial charge in [-0.1, -0.05) is 12.1 Å². The van der Waals surface area contributed by atoms with Gasteiger partial charge in [-0.2, -0.15) is 0 Å². The standard InChI is InChI=1S/C8H7NO3/c10-7-5-3-1-2-4-6(5)9-8(7,11)12/h1-4,9,11-12H. The number of anilines is 1. The van der Waals surface area contributed by atoms with Crippen LogP contribution >= 0.6 is 0 Å². The Kier molecular flexibility index (Phi) is 1.25. The Labute approximate surface area is 68.5 Å². The highest BCUT2D eigenvalue weighted by molar-refractivity contribution is 6.10. The smallest absolute Gasteiger partial charge is 0.312 e. The van der Waals surface area contributed by atoms with Gasteiger partial charge in [0.1, 0.15) is 0 Å². The molecule has 12 heavy (non-hydrogen) atoms. The van der Waals surface area contributed by atoms with Crippen LogP contribution in [0.4, 0.5) is 5.69 Å². The Bertz CT molecular complexity index is 346. The summed E-state index contributed by atoms with van der Waals surface area (Å²) in [6.07, 6.45) is 0. The number of rotatable bonds is 0. The van der Waals surface area contributed by atoms with Crippen LogP contribution < -0.4 is 5.32 Å². The number of ketones is 1. The Hall–Kier alpha value is -1.39. The lowest BCUT2D eigenvalue weighted by Crippen LogP contribution is -2.40. The summed E-state index contributed by atoms with van der Waals surface area (Å²) in [7, 11) is 0. The van der Waals surface area contributed by atoms with E-state index in [0.29, 0.717) is 11.3 Å². The van der Waals surface area contributed by atoms with E-state index in [9.17, 15) is 4.79 Å². The molecule has 62 valence electrons. The van der Waals surface area contributed by atoms with Crippen LogP contribution in [0.5, 0.6) is 0 Å². The minimum Gasteiger partial charge on any atom is -0.343 e. The van der Waals surface area contributed by atoms with Gasteiger partial charge in [0.2, 0.25) is 5.78 Å². The first-order valence-electron chi connectivity index (χ1n) is 3.48. The van der Waals surface area contributed by atoms with Gasteiger partial charge in [-0.3, -0.25) is 4.79 Å². The topological polar surface area (TPSA) is 69.6 Å². The lowest BCUT2D eigenvalue weighted by Gasteiger charge is -2.12. The maximum absolute atomic E-state index is 11.2. The van der Waals surface area contributed by atoms with E-state index in [1.54, 1.807) is 24.3 Å². The normalized spacial score (nSPS) is 18.7. The van der Waals surface area contributed by atoms with Crippen LogP contribution in [-0.2, 0) is 0 Å². The number of para-hydroxylation sites is 1. The van der Waals surface area contributed by atoms with Crippen molar-refractivity contribution in [2.24, 2.45) is 0 Å². The molecule has 1 aliphatic heterocycles. The Morgan fingerprint density at radius 2 is 1.92 bits per heavy atom. The van der Waals surface area contributed by atoms with Crippen LogP contribution in [0, 0.1) is 0 Å². The van der Waals surface area contributed by atoms with Crippen molar-refractivity contribution in [3.8, 4) is 0 Å². The number of nitrogens with one attached hydrogen (secondary N) is 1. The number of benzene rings is 1. The predicted molar refractivity (Wildman–Crippen MR) is 41.6 cm³/mol. The largest absolute Gasteiger partial charge is 0.343 e. The molecule has 4 heteroatoms. The van der Waals surface area contributed by atoms with E-state index in [0.717, 1.165) is 0 Å². The molecular weight excluding hydrogens is 158 g/mol. The molecule has 0 saturated heterocycles. The van der Waals surface area contributed by atoms with Crippen LogP contribution in [0.15, 0.2) is 24.3 Å². The van der Waals surface area contributed by atoms with E-state index in [2.05, 4.69) is 5.32 Å². The molecule has 0 amide bonds. The SMILES string of the molecule is O=C1c2ccccc2NC1(O)O. The molecule has 2 rings (SSSR count). The van der Waals surface area contributed by atoms with Gasteiger partial charge in [-0.25, -0.2) is 0 Å². The van der Waals surface area contributed by atoms with Gasteiger partial charge in [0.15, 0.2) is 0 Å². The highest BCUT2D eigenvalue weighted by Crippen LogP contribution is 2.28. The Morgan fingerprint density at radius 3 is 2.58 bits per heavy atom. The second kappa shape index (κ2) is 2.06. The lowest BCUT2D eigenvalue weighted by atomic mass is 10.1. The minimum absolute atomic E-state index is 0.308. The molecule has 0 bridgehead atoms. The average molecular weight is 165 g/mol. The van der Waals surface area contributed by atoms with Crippen LogP contribution in [0.2, 0.25) is 0 Å². The summed E-state index contributed by atoms with van der Waals surface area (Å²) in [6.45, 7) is 0. The fraction of sp³-hybridized carbons (Fsp3) is 0.125. The van der Waals surface area contributed by atoms with Gasteiger partial charge < -0.3 is 15.5 Å². The van der Waals surface area contributed by atoms with Gasteiger partial charge in [-0.05, 0) is 12.1 Å². The van der Waals surface area contributed by atoms with Gasteiger partial charge in [0.25, 0.3) is 0 Å². The number of carbonyl (C=O) groups excluding carboxylic acids is 1. The van der Waals surface area contributed by atoms with Gasteiger partial charge in [-0.15, -0.1) is 0 Å². The third kappa shape index (κ3) is 0.823. The summed E-state index contributed by atoms with van der Waals surface area (Å²) in [5, 5.41) is 20.4. The number of hydrogen-bond donors (Lipinski definition) is 3. The molecule has 1 aromatic rings. The number of aliphatic hydroxyl groups is 2. The summed E-state index contributed by atoms with van der Waals surface area (Å²) in [4.78, 5) is 11.2. The summed E-state index contributed by atoms with van der Waals surface area (Å²) in [6, 6.07) is 6.53. The van der Waals surface area contributed by atoms with Crippen molar-refractivity contribution in [2.45, 2.75) is 5.91 Å². The quantitative estimate of drug-likeness (QED) is 0.471. The van der Waals surface area contributed by atoms with E-state index in [1.165, 1.54) is 0 Å². The van der Waals surface area contributed by atoms with E-state index in [1.807, 2.05) is 0 Å². The molecule has 1 heterocycles. The molecule has 0 aliphatic carbocycles. The van der Waals surface area contributed by atoms with Crippen molar-refractivity contribution >= 4 is 11.5 Å². The molecule has 0 spiro atoms. The zero-order valence-corrected chi connectivity index (χ0v) is 6.11. The predicted octanol–water partition coefficient (Wildman–Crippen LogP) is -0.0668. The minimum atomic E-state index is -2.43. The third-order valence-corrected chi connectivity index (χ3v) is 1.80. The first-order valence-corrected chi connectivity index (χ1v) is 3.48. The molecule has 0 atom stereocenters. The van der Waals surface area contributed by atoms with Crippen molar-refractivity contribution in [3.05, 3.63) is 29.8 Å². The zero-order valence-electron chi connectivity index (χ0n) is 6.11. The fourth-order valence-corrected chi connectivity index (χ4v) is 1.22. The average Bonchev–Trinajstić information content (AvgIpc) is 2.24. The van der Waals surface area contributed by atoms with E-state index < -0.39 is 11.7 Å². The molecule has 1 aliphatic rings. The number of carbonyl (C=O) groups is 1. The van der Waals surface area contributed by atoms with Crippen molar-refractivity contribution < 1.29 is 15.0 Å². The molecule has 0 fully saturated rings. The monoisotopic (exact) mass is 165 g/mol. The number of Topliss-reactive ketones (excluding diaryl/α,β-unsaturated/α-hetero) is 1. The summed E-state index contributed by atoms with van der Waals surface area (Å²) in [5.74, 6) is -3.14. The highest BCUT2D eigenvalue weighted by Gasteiger charge is 2.41. The number of fused-ring (bicyclic) bond motifs is 1. The van der Waals surface area contributed by atoms with Gasteiger partial charge in [0.05, 0.1) is 0 Å². The first kappa shape index (κ1) is 7.27. The fourth-order valence-electron chi connectivity index (χ4n) is 1.22. The maximum Gasteiger partial charge on any atom is 0.312 e. The zero-order chi connectivity index (χ0) is 8.77.